The molecule has 1 fully saturated rings. The number of rotatable bonds is 3. The minimum absolute atomic E-state index is 0.393. The summed E-state index contributed by atoms with van der Waals surface area (Å²) in [4.78, 5) is 5.46. The molecule has 1 saturated heterocycles. The number of piperidine rings is 1. The average molecular weight is 224 g/mol. The number of hydrogen-bond acceptors (Lipinski definition) is 3. The Morgan fingerprint density at radius 2 is 2.27 bits per heavy atom. The molecule has 1 aromatic heterocycles. The van der Waals surface area contributed by atoms with Crippen molar-refractivity contribution in [2.75, 3.05) is 13.1 Å². The Hall–Kier alpha value is -0.380. The largest absolute Gasteiger partial charge is 0.327 e. The molecule has 0 radical (unpaired) electrons. The molecule has 1 aliphatic rings. The Morgan fingerprint density at radius 3 is 2.93 bits per heavy atom. The zero-order valence-corrected chi connectivity index (χ0v) is 10.2. The molecule has 0 spiro atoms. The Bertz CT molecular complexity index is 308. The van der Waals surface area contributed by atoms with Gasteiger partial charge in [0, 0.05) is 28.9 Å². The minimum Gasteiger partial charge on any atom is -0.327 e. The summed E-state index contributed by atoms with van der Waals surface area (Å²) < 4.78 is 0. The second kappa shape index (κ2) is 5.10. The Balaban J connectivity index is 1.90. The van der Waals surface area contributed by atoms with Gasteiger partial charge in [-0.25, -0.2) is 0 Å². The molecule has 2 nitrogen and oxygen atoms in total. The molecule has 0 saturated carbocycles. The van der Waals surface area contributed by atoms with Gasteiger partial charge in [-0.05, 0) is 37.9 Å². The highest BCUT2D eigenvalue weighted by Gasteiger charge is 2.16. The lowest BCUT2D eigenvalue weighted by Crippen LogP contribution is -2.42. The quantitative estimate of drug-likeness (QED) is 0.853. The lowest BCUT2D eigenvalue weighted by atomic mass is 10.1. The van der Waals surface area contributed by atoms with Gasteiger partial charge in [-0.1, -0.05) is 6.92 Å². The van der Waals surface area contributed by atoms with Crippen LogP contribution in [0.1, 0.15) is 29.5 Å². The highest BCUT2D eigenvalue weighted by molar-refractivity contribution is 7.11. The summed E-state index contributed by atoms with van der Waals surface area (Å²) in [6.07, 6.45) is 3.61. The lowest BCUT2D eigenvalue weighted by Gasteiger charge is -2.30. The van der Waals surface area contributed by atoms with Crippen LogP contribution in [-0.4, -0.2) is 24.0 Å². The van der Waals surface area contributed by atoms with E-state index in [1.807, 2.05) is 11.3 Å². The van der Waals surface area contributed by atoms with Gasteiger partial charge in [0.25, 0.3) is 0 Å². The second-order valence-corrected chi connectivity index (χ2v) is 5.61. The number of likely N-dealkylation sites (tertiary alicyclic amines) is 1. The number of nitrogens with zero attached hydrogens (tertiary/aromatic N) is 1. The Labute approximate surface area is 96.1 Å². The highest BCUT2D eigenvalue weighted by Crippen LogP contribution is 2.20. The molecule has 2 heterocycles. The van der Waals surface area contributed by atoms with E-state index in [9.17, 15) is 0 Å². The third kappa shape index (κ3) is 3.03. The van der Waals surface area contributed by atoms with Gasteiger partial charge in [0.1, 0.15) is 0 Å². The van der Waals surface area contributed by atoms with Gasteiger partial charge < -0.3 is 5.73 Å². The summed E-state index contributed by atoms with van der Waals surface area (Å²) in [5, 5.41) is 0. The molecule has 2 N–H and O–H groups in total. The molecule has 84 valence electrons. The summed E-state index contributed by atoms with van der Waals surface area (Å²) in [6.45, 7) is 5.59. The second-order valence-electron chi connectivity index (χ2n) is 4.36. The van der Waals surface area contributed by atoms with Crippen LogP contribution in [-0.2, 0) is 13.0 Å². The SMILES string of the molecule is CCc1ccc(CN2CCCC(N)C2)s1. The van der Waals surface area contributed by atoms with Crippen LogP contribution in [0, 0.1) is 0 Å². The minimum atomic E-state index is 0.393. The van der Waals surface area contributed by atoms with E-state index in [2.05, 4.69) is 24.0 Å². The fourth-order valence-corrected chi connectivity index (χ4v) is 3.15. The van der Waals surface area contributed by atoms with Gasteiger partial charge >= 0.3 is 0 Å². The first-order chi connectivity index (χ1) is 7.28. The van der Waals surface area contributed by atoms with Crippen LogP contribution in [0.5, 0.6) is 0 Å². The maximum Gasteiger partial charge on any atom is 0.0328 e. The summed E-state index contributed by atoms with van der Waals surface area (Å²) in [5.41, 5.74) is 5.97. The summed E-state index contributed by atoms with van der Waals surface area (Å²) in [5.74, 6) is 0. The molecule has 1 aliphatic heterocycles. The molecule has 15 heavy (non-hydrogen) atoms. The molecule has 1 atom stereocenters. The normalized spacial score (nSPS) is 23.2. The number of aryl methyl sites for hydroxylation is 1. The fourth-order valence-electron chi connectivity index (χ4n) is 2.15. The molecule has 3 heteroatoms. The topological polar surface area (TPSA) is 29.3 Å². The lowest BCUT2D eigenvalue weighted by molar-refractivity contribution is 0.203. The van der Waals surface area contributed by atoms with Gasteiger partial charge in [-0.3, -0.25) is 4.90 Å². The standard InChI is InChI=1S/C12H20N2S/c1-2-11-5-6-12(15-11)9-14-7-3-4-10(13)8-14/h5-6,10H,2-4,7-9,13H2,1H3. The summed E-state index contributed by atoms with van der Waals surface area (Å²) in [7, 11) is 0. The van der Waals surface area contributed by atoms with E-state index in [1.54, 1.807) is 0 Å². The number of nitrogens with two attached hydrogens (primary N) is 1. The van der Waals surface area contributed by atoms with Gasteiger partial charge in [-0.2, -0.15) is 0 Å². The smallest absolute Gasteiger partial charge is 0.0328 e. The van der Waals surface area contributed by atoms with Crippen molar-refractivity contribution in [3.05, 3.63) is 21.9 Å². The van der Waals surface area contributed by atoms with Crippen molar-refractivity contribution in [3.8, 4) is 0 Å². The fraction of sp³-hybridized carbons (Fsp3) is 0.667. The van der Waals surface area contributed by atoms with Crippen LogP contribution in [0.2, 0.25) is 0 Å². The highest BCUT2D eigenvalue weighted by atomic mass is 32.1. The zero-order valence-electron chi connectivity index (χ0n) is 9.41. The van der Waals surface area contributed by atoms with E-state index >= 15 is 0 Å². The summed E-state index contributed by atoms with van der Waals surface area (Å²) >= 11 is 1.95. The van der Waals surface area contributed by atoms with Crippen LogP contribution < -0.4 is 5.73 Å². The Kier molecular flexibility index (Phi) is 3.78. The van der Waals surface area contributed by atoms with Crippen LogP contribution in [0.3, 0.4) is 0 Å². The van der Waals surface area contributed by atoms with Crippen molar-refractivity contribution < 1.29 is 0 Å². The van der Waals surface area contributed by atoms with Gasteiger partial charge in [-0.15, -0.1) is 11.3 Å². The van der Waals surface area contributed by atoms with E-state index in [4.69, 9.17) is 5.73 Å². The third-order valence-corrected chi connectivity index (χ3v) is 4.20. The van der Waals surface area contributed by atoms with Crippen LogP contribution in [0.25, 0.3) is 0 Å². The first-order valence-corrected chi connectivity index (χ1v) is 6.65. The molecule has 2 rings (SSSR count). The molecular formula is C12H20N2S. The number of hydrogen-bond donors (Lipinski definition) is 1. The van der Waals surface area contributed by atoms with E-state index < -0.39 is 0 Å². The van der Waals surface area contributed by atoms with Gasteiger partial charge in [0.15, 0.2) is 0 Å². The molecular weight excluding hydrogens is 204 g/mol. The van der Waals surface area contributed by atoms with Crippen molar-refractivity contribution in [1.82, 2.24) is 4.90 Å². The maximum absolute atomic E-state index is 5.97. The molecule has 1 aromatic rings. The monoisotopic (exact) mass is 224 g/mol. The molecule has 0 bridgehead atoms. The predicted molar refractivity (Wildman–Crippen MR) is 66.2 cm³/mol. The zero-order chi connectivity index (χ0) is 10.7. The maximum atomic E-state index is 5.97. The van der Waals surface area contributed by atoms with Gasteiger partial charge in [0.2, 0.25) is 0 Å². The molecule has 1 unspecified atom stereocenters. The Morgan fingerprint density at radius 1 is 1.47 bits per heavy atom. The van der Waals surface area contributed by atoms with Crippen molar-refractivity contribution in [2.24, 2.45) is 5.73 Å². The predicted octanol–water partition coefficient (Wildman–Crippen LogP) is 2.23. The van der Waals surface area contributed by atoms with Crippen molar-refractivity contribution in [2.45, 2.75) is 38.8 Å². The van der Waals surface area contributed by atoms with Crippen molar-refractivity contribution >= 4 is 11.3 Å². The van der Waals surface area contributed by atoms with Gasteiger partial charge in [0.05, 0.1) is 0 Å². The van der Waals surface area contributed by atoms with Crippen LogP contribution in [0.4, 0.5) is 0 Å². The van der Waals surface area contributed by atoms with Crippen LogP contribution in [0.15, 0.2) is 12.1 Å². The molecule has 0 aliphatic carbocycles. The number of thiophene rings is 1. The molecule has 0 amide bonds. The summed E-state index contributed by atoms with van der Waals surface area (Å²) in [6, 6.07) is 4.91. The third-order valence-electron chi connectivity index (χ3n) is 2.99. The molecule has 0 aromatic carbocycles. The van der Waals surface area contributed by atoms with Crippen LogP contribution >= 0.6 is 11.3 Å². The average Bonchev–Trinajstić information content (AvgIpc) is 2.65. The van der Waals surface area contributed by atoms with E-state index in [0.29, 0.717) is 6.04 Å². The van der Waals surface area contributed by atoms with Crippen molar-refractivity contribution in [3.63, 3.8) is 0 Å². The first kappa shape index (κ1) is 11.1. The first-order valence-electron chi connectivity index (χ1n) is 5.83. The van der Waals surface area contributed by atoms with E-state index in [1.165, 1.54) is 29.1 Å². The van der Waals surface area contributed by atoms with Crippen molar-refractivity contribution in [1.29, 1.82) is 0 Å². The van der Waals surface area contributed by atoms with E-state index in [0.717, 1.165) is 19.5 Å². The van der Waals surface area contributed by atoms with E-state index in [-0.39, 0.29) is 0 Å².